The summed E-state index contributed by atoms with van der Waals surface area (Å²) >= 11 is 0. The number of benzene rings is 1. The number of hydrogen-bond acceptors (Lipinski definition) is 4. The second kappa shape index (κ2) is 5.58. The van der Waals surface area contributed by atoms with Gasteiger partial charge in [-0.2, -0.15) is 0 Å². The molecule has 0 aromatic heterocycles. The molecule has 1 aromatic carbocycles. The number of rotatable bonds is 2. The number of carbonyl (C=O) groups is 1. The van der Waals surface area contributed by atoms with Crippen LogP contribution in [0.5, 0.6) is 0 Å². The molecule has 1 saturated heterocycles. The monoisotopic (exact) mass is 288 g/mol. The highest BCUT2D eigenvalue weighted by atomic mass is 16.5. The fraction of sp³-hybridized carbons (Fsp3) is 0.588. The summed E-state index contributed by atoms with van der Waals surface area (Å²) in [6, 6.07) is 5.48. The molecule has 1 aliphatic heterocycles. The second-order valence-corrected chi connectivity index (χ2v) is 6.46. The van der Waals surface area contributed by atoms with Crippen LogP contribution in [0.2, 0.25) is 0 Å². The summed E-state index contributed by atoms with van der Waals surface area (Å²) < 4.78 is 4.73. The third-order valence-electron chi connectivity index (χ3n) is 5.28. The van der Waals surface area contributed by atoms with Crippen molar-refractivity contribution in [3.63, 3.8) is 0 Å². The van der Waals surface area contributed by atoms with Gasteiger partial charge in [0.05, 0.1) is 24.0 Å². The number of esters is 1. The first-order chi connectivity index (χ1) is 10.1. The highest BCUT2D eigenvalue weighted by Crippen LogP contribution is 2.47. The Bertz CT molecular complexity index is 526. The number of carbonyl (C=O) groups excluding carboxylic acids is 1. The van der Waals surface area contributed by atoms with E-state index in [0.29, 0.717) is 16.7 Å². The van der Waals surface area contributed by atoms with Crippen LogP contribution in [0, 0.1) is 5.41 Å². The van der Waals surface area contributed by atoms with Crippen LogP contribution in [0.25, 0.3) is 0 Å². The van der Waals surface area contributed by atoms with Crippen LogP contribution < -0.4 is 10.6 Å². The largest absolute Gasteiger partial charge is 0.465 e. The van der Waals surface area contributed by atoms with Crippen molar-refractivity contribution in [2.24, 2.45) is 5.41 Å². The van der Waals surface area contributed by atoms with E-state index in [1.807, 2.05) is 6.07 Å². The molecule has 0 bridgehead atoms. The summed E-state index contributed by atoms with van der Waals surface area (Å²) in [6.07, 6.45) is 8.14. The second-order valence-electron chi connectivity index (χ2n) is 6.46. The molecule has 1 aliphatic carbocycles. The quantitative estimate of drug-likeness (QED) is 0.670. The standard InChI is InChI=1S/C17H24N2O2/c1-21-16(20)13-4-5-15(14(18)12-13)19-10-8-17(9-11-19)6-2-3-7-17/h4-5,12H,2-3,6-11,18H2,1H3. The van der Waals surface area contributed by atoms with Gasteiger partial charge < -0.3 is 15.4 Å². The number of nitrogens with zero attached hydrogens (tertiary/aromatic N) is 1. The first-order valence-electron chi connectivity index (χ1n) is 7.86. The lowest BCUT2D eigenvalue weighted by Crippen LogP contribution is -2.39. The van der Waals surface area contributed by atoms with Crippen LogP contribution in [0.3, 0.4) is 0 Å². The van der Waals surface area contributed by atoms with Crippen LogP contribution in [0.4, 0.5) is 11.4 Å². The van der Waals surface area contributed by atoms with Gasteiger partial charge in [-0.05, 0) is 49.3 Å². The number of nitrogens with two attached hydrogens (primary N) is 1. The highest BCUT2D eigenvalue weighted by Gasteiger charge is 2.37. The molecule has 4 nitrogen and oxygen atoms in total. The van der Waals surface area contributed by atoms with Gasteiger partial charge in [-0.25, -0.2) is 4.79 Å². The van der Waals surface area contributed by atoms with Gasteiger partial charge in [0.2, 0.25) is 0 Å². The summed E-state index contributed by atoms with van der Waals surface area (Å²) in [5.41, 5.74) is 8.98. The van der Waals surface area contributed by atoms with Crippen molar-refractivity contribution in [3.8, 4) is 0 Å². The molecule has 0 amide bonds. The maximum atomic E-state index is 11.5. The molecule has 0 radical (unpaired) electrons. The topological polar surface area (TPSA) is 55.6 Å². The van der Waals surface area contributed by atoms with E-state index in [1.54, 1.807) is 12.1 Å². The Labute approximate surface area is 126 Å². The van der Waals surface area contributed by atoms with Gasteiger partial charge in [0.25, 0.3) is 0 Å². The molecular weight excluding hydrogens is 264 g/mol. The number of anilines is 2. The smallest absolute Gasteiger partial charge is 0.337 e. The van der Waals surface area contributed by atoms with Crippen LogP contribution >= 0.6 is 0 Å². The van der Waals surface area contributed by atoms with Crippen LogP contribution in [-0.4, -0.2) is 26.2 Å². The van der Waals surface area contributed by atoms with Crippen molar-refractivity contribution in [1.29, 1.82) is 0 Å². The summed E-state index contributed by atoms with van der Waals surface area (Å²) in [6.45, 7) is 2.14. The Balaban J connectivity index is 1.72. The summed E-state index contributed by atoms with van der Waals surface area (Å²) in [5.74, 6) is -0.336. The first kappa shape index (κ1) is 14.2. The summed E-state index contributed by atoms with van der Waals surface area (Å²) in [7, 11) is 1.39. The van der Waals surface area contributed by atoms with Crippen LogP contribution in [0.15, 0.2) is 18.2 Å². The number of piperidine rings is 1. The molecule has 4 heteroatoms. The molecule has 0 atom stereocenters. The maximum Gasteiger partial charge on any atom is 0.337 e. The van der Waals surface area contributed by atoms with Gasteiger partial charge in [0.15, 0.2) is 0 Å². The van der Waals surface area contributed by atoms with E-state index in [2.05, 4.69) is 4.90 Å². The van der Waals surface area contributed by atoms with Gasteiger partial charge in [-0.15, -0.1) is 0 Å². The van der Waals surface area contributed by atoms with Crippen molar-refractivity contribution in [2.75, 3.05) is 30.8 Å². The molecule has 2 aliphatic rings. The minimum atomic E-state index is -0.336. The highest BCUT2D eigenvalue weighted by molar-refractivity contribution is 5.92. The number of hydrogen-bond donors (Lipinski definition) is 1. The SMILES string of the molecule is COC(=O)c1ccc(N2CCC3(CCCC3)CC2)c(N)c1. The van der Waals surface area contributed by atoms with E-state index in [0.717, 1.165) is 18.8 Å². The number of methoxy groups -OCH3 is 1. The van der Waals surface area contributed by atoms with Gasteiger partial charge in [0, 0.05) is 13.1 Å². The minimum Gasteiger partial charge on any atom is -0.465 e. The fourth-order valence-corrected chi connectivity index (χ4v) is 3.93. The number of nitrogen functional groups attached to an aromatic ring is 1. The van der Waals surface area contributed by atoms with E-state index in [1.165, 1.54) is 45.6 Å². The fourth-order valence-electron chi connectivity index (χ4n) is 3.93. The average Bonchev–Trinajstić information content (AvgIpc) is 2.96. The maximum absolute atomic E-state index is 11.5. The Hall–Kier alpha value is -1.71. The predicted molar refractivity (Wildman–Crippen MR) is 84.5 cm³/mol. The van der Waals surface area contributed by atoms with E-state index in [4.69, 9.17) is 10.5 Å². The van der Waals surface area contributed by atoms with Crippen molar-refractivity contribution in [1.82, 2.24) is 0 Å². The summed E-state index contributed by atoms with van der Waals surface area (Å²) in [4.78, 5) is 13.9. The van der Waals surface area contributed by atoms with Crippen molar-refractivity contribution >= 4 is 17.3 Å². The van der Waals surface area contributed by atoms with E-state index in [-0.39, 0.29) is 5.97 Å². The Kier molecular flexibility index (Phi) is 3.79. The van der Waals surface area contributed by atoms with Gasteiger partial charge >= 0.3 is 5.97 Å². The Morgan fingerprint density at radius 3 is 2.43 bits per heavy atom. The molecule has 2 fully saturated rings. The van der Waals surface area contributed by atoms with E-state index >= 15 is 0 Å². The Morgan fingerprint density at radius 1 is 1.19 bits per heavy atom. The van der Waals surface area contributed by atoms with Crippen molar-refractivity contribution < 1.29 is 9.53 Å². The molecule has 114 valence electrons. The zero-order valence-electron chi connectivity index (χ0n) is 12.7. The molecule has 1 spiro atoms. The van der Waals surface area contributed by atoms with Gasteiger partial charge in [0.1, 0.15) is 0 Å². The molecule has 3 rings (SSSR count). The van der Waals surface area contributed by atoms with Crippen LogP contribution in [-0.2, 0) is 4.74 Å². The summed E-state index contributed by atoms with van der Waals surface area (Å²) in [5, 5.41) is 0. The molecule has 1 heterocycles. The molecule has 1 aromatic rings. The zero-order chi connectivity index (χ0) is 14.9. The van der Waals surface area contributed by atoms with Crippen molar-refractivity contribution in [2.45, 2.75) is 38.5 Å². The molecule has 2 N–H and O–H groups in total. The van der Waals surface area contributed by atoms with Gasteiger partial charge in [-0.3, -0.25) is 0 Å². The molecule has 0 unspecified atom stereocenters. The third-order valence-corrected chi connectivity index (χ3v) is 5.28. The average molecular weight is 288 g/mol. The minimum absolute atomic E-state index is 0.336. The lowest BCUT2D eigenvalue weighted by atomic mass is 9.77. The molecule has 21 heavy (non-hydrogen) atoms. The van der Waals surface area contributed by atoms with Gasteiger partial charge in [-0.1, -0.05) is 12.8 Å². The normalized spacial score (nSPS) is 20.7. The van der Waals surface area contributed by atoms with Crippen LogP contribution in [0.1, 0.15) is 48.9 Å². The third kappa shape index (κ3) is 2.71. The zero-order valence-corrected chi connectivity index (χ0v) is 12.7. The Morgan fingerprint density at radius 2 is 1.86 bits per heavy atom. The van der Waals surface area contributed by atoms with Crippen molar-refractivity contribution in [3.05, 3.63) is 23.8 Å². The molecule has 1 saturated carbocycles. The predicted octanol–water partition coefficient (Wildman–Crippen LogP) is 3.22. The first-order valence-corrected chi connectivity index (χ1v) is 7.86. The number of ether oxygens (including phenoxy) is 1. The molecular formula is C17H24N2O2. The lowest BCUT2D eigenvalue weighted by molar-refractivity contribution is 0.0601. The lowest BCUT2D eigenvalue weighted by Gasteiger charge is -2.40. The van der Waals surface area contributed by atoms with E-state index < -0.39 is 0 Å². The van der Waals surface area contributed by atoms with E-state index in [9.17, 15) is 4.79 Å².